The van der Waals surface area contributed by atoms with Crippen LogP contribution >= 0.6 is 7.75 Å². The zero-order valence-electron chi connectivity index (χ0n) is 24.6. The summed E-state index contributed by atoms with van der Waals surface area (Å²) in [6, 6.07) is -2.13. The van der Waals surface area contributed by atoms with Gasteiger partial charge in [0.05, 0.1) is 32.5 Å². The van der Waals surface area contributed by atoms with E-state index in [-0.39, 0.29) is 24.0 Å². The molecule has 2 aliphatic rings. The topological polar surface area (TPSA) is 271 Å². The molecule has 0 saturated carbocycles. The second kappa shape index (κ2) is 14.1. The molecule has 4 N–H and O–H groups in total. The molecule has 0 spiro atoms. The molecule has 2 aromatic rings. The van der Waals surface area contributed by atoms with E-state index in [1.165, 1.54) is 33.2 Å². The molecular weight excluding hydrogens is 623 g/mol. The Kier molecular flexibility index (Phi) is 10.6. The van der Waals surface area contributed by atoms with Crippen molar-refractivity contribution in [3.8, 4) is 0 Å². The molecule has 0 radical (unpaired) electrons. The minimum absolute atomic E-state index is 0.00129. The van der Waals surface area contributed by atoms with Gasteiger partial charge in [-0.1, -0.05) is 5.11 Å². The molecule has 4 rings (SSSR count). The minimum atomic E-state index is -4.52. The third-order valence-electron chi connectivity index (χ3n) is 7.27. The molecule has 20 nitrogen and oxygen atoms in total. The number of aromatic nitrogens is 4. The monoisotopic (exact) mass is 656 g/mol. The predicted octanol–water partition coefficient (Wildman–Crippen LogP) is -0.389. The zero-order valence-corrected chi connectivity index (χ0v) is 25.5. The fourth-order valence-corrected chi connectivity index (χ4v) is 6.58. The molecule has 1 unspecified atom stereocenters. The molecule has 0 aromatic carbocycles. The quantitative estimate of drug-likeness (QED) is 0.0746. The van der Waals surface area contributed by atoms with Crippen molar-refractivity contribution in [3.05, 3.63) is 75.6 Å². The Morgan fingerprint density at radius 1 is 1.11 bits per heavy atom. The van der Waals surface area contributed by atoms with Gasteiger partial charge in [-0.2, -0.15) is 0 Å². The summed E-state index contributed by atoms with van der Waals surface area (Å²) < 4.78 is 44.2. The number of ether oxygens (including phenoxy) is 3. The van der Waals surface area contributed by atoms with Crippen LogP contribution in [0.4, 0.5) is 0 Å². The summed E-state index contributed by atoms with van der Waals surface area (Å²) in [6.45, 7) is 3.15. The molecule has 0 aliphatic carbocycles. The number of nitrogens with one attached hydrogen (secondary N) is 3. The van der Waals surface area contributed by atoms with Crippen molar-refractivity contribution >= 4 is 13.7 Å². The maximum Gasteiger partial charge on any atom is 0.406 e. The number of methoxy groups -OCH3 is 1. The van der Waals surface area contributed by atoms with E-state index in [2.05, 4.69) is 25.1 Å². The van der Waals surface area contributed by atoms with Gasteiger partial charge < -0.3 is 19.3 Å². The first-order chi connectivity index (χ1) is 21.3. The van der Waals surface area contributed by atoms with Crippen LogP contribution in [-0.2, 0) is 32.6 Å². The molecule has 246 valence electrons. The summed E-state index contributed by atoms with van der Waals surface area (Å²) in [5.41, 5.74) is 6.85. The molecule has 0 bridgehead atoms. The van der Waals surface area contributed by atoms with Gasteiger partial charge in [0.25, 0.3) is 11.1 Å². The third-order valence-corrected chi connectivity index (χ3v) is 9.01. The molecule has 2 aromatic heterocycles. The molecule has 0 amide bonds. The van der Waals surface area contributed by atoms with Crippen LogP contribution in [0, 0.1) is 13.8 Å². The maximum absolute atomic E-state index is 14.1. The van der Waals surface area contributed by atoms with Crippen LogP contribution in [0.15, 0.2) is 36.7 Å². The number of azide groups is 1. The summed E-state index contributed by atoms with van der Waals surface area (Å²) in [5.74, 6) is -0.811. The molecule has 2 saturated heterocycles. The number of carbonyl (C=O) groups is 1. The Bertz CT molecular complexity index is 1750. The van der Waals surface area contributed by atoms with E-state index in [1.807, 2.05) is 0 Å². The van der Waals surface area contributed by atoms with Crippen LogP contribution in [0.3, 0.4) is 0 Å². The normalized spacial score (nSPS) is 26.6. The predicted molar refractivity (Wildman–Crippen MR) is 152 cm³/mol. The molecule has 2 aliphatic heterocycles. The number of esters is 1. The lowest BCUT2D eigenvalue weighted by atomic mass is 10.1. The number of carbonyl (C=O) groups excluding carboxylic acids is 1. The summed E-state index contributed by atoms with van der Waals surface area (Å²) in [4.78, 5) is 67.8. The first-order valence-corrected chi connectivity index (χ1v) is 15.2. The molecule has 21 heteroatoms. The Morgan fingerprint density at radius 2 is 1.67 bits per heavy atom. The zero-order chi connectivity index (χ0) is 33.1. The second-order valence-electron chi connectivity index (χ2n) is 10.5. The number of aromatic amines is 2. The van der Waals surface area contributed by atoms with Crippen molar-refractivity contribution in [2.45, 2.75) is 76.5 Å². The van der Waals surface area contributed by atoms with Crippen LogP contribution in [0.5, 0.6) is 0 Å². The number of hydrogen-bond donors (Lipinski definition) is 4. The highest BCUT2D eigenvalue weighted by Crippen LogP contribution is 2.50. The lowest BCUT2D eigenvalue weighted by molar-refractivity contribution is -0.142. The summed E-state index contributed by atoms with van der Waals surface area (Å²) >= 11 is 0. The average Bonchev–Trinajstić information content (AvgIpc) is 3.58. The number of rotatable bonds is 12. The van der Waals surface area contributed by atoms with Gasteiger partial charge in [-0.25, -0.2) is 19.2 Å². The highest BCUT2D eigenvalue weighted by atomic mass is 31.2. The lowest BCUT2D eigenvalue weighted by Crippen LogP contribution is -2.37. The molecule has 4 heterocycles. The Hall–Kier alpha value is -3.87. The smallest absolute Gasteiger partial charge is 0.406 e. The van der Waals surface area contributed by atoms with Crippen molar-refractivity contribution in [1.82, 2.24) is 24.2 Å². The lowest BCUT2D eigenvalue weighted by Gasteiger charge is -2.27. The highest BCUT2D eigenvalue weighted by molar-refractivity contribution is 7.51. The minimum Gasteiger partial charge on any atom is -0.468 e. The van der Waals surface area contributed by atoms with E-state index in [0.29, 0.717) is 0 Å². The van der Waals surface area contributed by atoms with Crippen LogP contribution in [0.1, 0.15) is 43.3 Å². The van der Waals surface area contributed by atoms with Crippen LogP contribution in [0.25, 0.3) is 10.4 Å². The summed E-state index contributed by atoms with van der Waals surface area (Å²) in [6.07, 6.45) is -2.92. The van der Waals surface area contributed by atoms with Gasteiger partial charge in [0.1, 0.15) is 30.7 Å². The van der Waals surface area contributed by atoms with E-state index in [9.17, 15) is 33.6 Å². The number of aliphatic hydroxyl groups is 1. The first-order valence-electron chi connectivity index (χ1n) is 13.7. The fourth-order valence-electron chi connectivity index (χ4n) is 4.88. The van der Waals surface area contributed by atoms with Crippen LogP contribution in [-0.4, -0.2) is 80.9 Å². The van der Waals surface area contributed by atoms with Crippen molar-refractivity contribution in [2.24, 2.45) is 5.11 Å². The first kappa shape index (κ1) is 34.0. The maximum atomic E-state index is 14.1. The summed E-state index contributed by atoms with van der Waals surface area (Å²) in [7, 11) is -3.40. The number of H-pyrrole nitrogens is 2. The van der Waals surface area contributed by atoms with Crippen LogP contribution in [0.2, 0.25) is 0 Å². The summed E-state index contributed by atoms with van der Waals surface area (Å²) in [5, 5.41) is 16.1. The van der Waals surface area contributed by atoms with Gasteiger partial charge in [-0.05, 0) is 26.3 Å². The number of aryl methyl sites for hydroxylation is 2. The Labute approximate surface area is 253 Å². The number of aliphatic hydroxyl groups excluding tert-OH is 1. The highest BCUT2D eigenvalue weighted by Gasteiger charge is 2.45. The fraction of sp³-hybridized carbons (Fsp3) is 0.625. The van der Waals surface area contributed by atoms with E-state index in [4.69, 9.17) is 28.8 Å². The van der Waals surface area contributed by atoms with Crippen LogP contribution < -0.4 is 27.6 Å². The van der Waals surface area contributed by atoms with Gasteiger partial charge in [0.15, 0.2) is 0 Å². The van der Waals surface area contributed by atoms with Gasteiger partial charge in [0, 0.05) is 41.3 Å². The molecule has 45 heavy (non-hydrogen) atoms. The molecule has 2 fully saturated rings. The van der Waals surface area contributed by atoms with Crippen molar-refractivity contribution in [3.63, 3.8) is 0 Å². The van der Waals surface area contributed by atoms with Crippen molar-refractivity contribution in [2.75, 3.05) is 20.3 Å². The van der Waals surface area contributed by atoms with Crippen molar-refractivity contribution < 1.29 is 37.7 Å². The Morgan fingerprint density at radius 3 is 2.20 bits per heavy atom. The number of hydrogen-bond acceptors (Lipinski definition) is 13. The molecule has 8 atom stereocenters. The van der Waals surface area contributed by atoms with E-state index in [1.54, 1.807) is 0 Å². The van der Waals surface area contributed by atoms with Gasteiger partial charge in [-0.3, -0.25) is 42.5 Å². The number of nitrogens with zero attached hydrogens (tertiary/aromatic N) is 5. The largest absolute Gasteiger partial charge is 0.468 e. The standard InChI is InChI=1S/C24H33N8O12P/c1-11-7-31(23(37)26-20(11)34)18-5-14(28-30-25)17(43-18)10-41-45(39,29-13(3)22(36)40-4)44-15-6-19(42-16(15)9-33)32-8-12(2)21(35)27-24(32)38/h7-8,13-19,33H,5-6,9-10H2,1-4H3,(H,29,39)(H,26,34,37)(H,27,35,38)/t13-,14-,15-,16+,17+,18+,19+,45?/m0/s1. The third kappa shape index (κ3) is 7.69. The SMILES string of the molecule is COC(=O)[C@H](C)NP(=O)(OC[C@H]1O[C@@H](n2cc(C)c(=O)[nH]c2=O)C[C@@H]1N=[N+]=[N-])O[C@H]1C[C@H](n2cc(C)c(=O)[nH]c2=O)O[C@@H]1CO. The van der Waals surface area contributed by atoms with E-state index >= 15 is 0 Å². The molecular formula is C24H33N8O12P. The van der Waals surface area contributed by atoms with Gasteiger partial charge in [0.2, 0.25) is 0 Å². The average molecular weight is 657 g/mol. The van der Waals surface area contributed by atoms with E-state index in [0.717, 1.165) is 16.2 Å². The van der Waals surface area contributed by atoms with Gasteiger partial charge in [-0.15, -0.1) is 0 Å². The van der Waals surface area contributed by atoms with E-state index < -0.39 is 92.3 Å². The van der Waals surface area contributed by atoms with Gasteiger partial charge >= 0.3 is 25.1 Å². The van der Waals surface area contributed by atoms with Crippen molar-refractivity contribution in [1.29, 1.82) is 0 Å². The second-order valence-corrected chi connectivity index (χ2v) is 12.2. The Balaban J connectivity index is 1.57.